The van der Waals surface area contributed by atoms with E-state index in [9.17, 15) is 13.2 Å². The highest BCUT2D eigenvalue weighted by Gasteiger charge is 2.17. The molecule has 0 aliphatic carbocycles. The van der Waals surface area contributed by atoms with Gasteiger partial charge in [0.15, 0.2) is 5.13 Å². The maximum absolute atomic E-state index is 12.7. The van der Waals surface area contributed by atoms with Crippen LogP contribution in [0, 0.1) is 0 Å². The normalized spacial score (nSPS) is 11.4. The molecule has 3 rings (SSSR count). The Morgan fingerprint density at radius 3 is 2.54 bits per heavy atom. The van der Waals surface area contributed by atoms with Crippen molar-refractivity contribution in [3.63, 3.8) is 0 Å². The number of carbonyl (C=O) groups excluding carboxylic acids is 1. The quantitative estimate of drug-likeness (QED) is 0.603. The molecule has 0 spiro atoms. The first-order valence-corrected chi connectivity index (χ1v) is 11.0. The third kappa shape index (κ3) is 4.42. The number of ether oxygens (including phenoxy) is 1. The minimum atomic E-state index is -3.74. The molecule has 1 heterocycles. The SMILES string of the molecule is CCCc1ccc(S(=O)(=O)Nc2cc(OC)c3nc(NC(C)=O)sc3c2)cc1. The fourth-order valence-electron chi connectivity index (χ4n) is 2.76. The number of nitrogens with zero attached hydrogens (tertiary/aromatic N) is 1. The van der Waals surface area contributed by atoms with E-state index in [1.54, 1.807) is 24.3 Å². The third-order valence-corrected chi connectivity index (χ3v) is 6.30. The molecule has 0 atom stereocenters. The highest BCUT2D eigenvalue weighted by Crippen LogP contribution is 2.36. The topological polar surface area (TPSA) is 97.4 Å². The van der Waals surface area contributed by atoms with Gasteiger partial charge in [-0.1, -0.05) is 36.8 Å². The molecule has 2 aromatic carbocycles. The van der Waals surface area contributed by atoms with Crippen molar-refractivity contribution >= 4 is 48.3 Å². The van der Waals surface area contributed by atoms with Crippen LogP contribution < -0.4 is 14.8 Å². The minimum Gasteiger partial charge on any atom is -0.494 e. The van der Waals surface area contributed by atoms with Gasteiger partial charge >= 0.3 is 0 Å². The molecule has 0 fully saturated rings. The first kappa shape index (κ1) is 20.1. The average molecular weight is 420 g/mol. The largest absolute Gasteiger partial charge is 0.494 e. The fourth-order valence-corrected chi connectivity index (χ4v) is 4.76. The molecule has 0 saturated heterocycles. The molecule has 28 heavy (non-hydrogen) atoms. The zero-order valence-corrected chi connectivity index (χ0v) is 17.4. The van der Waals surface area contributed by atoms with Gasteiger partial charge in [0.25, 0.3) is 10.0 Å². The Balaban J connectivity index is 1.93. The summed E-state index contributed by atoms with van der Waals surface area (Å²) in [6.45, 7) is 3.47. The number of carbonyl (C=O) groups is 1. The van der Waals surface area contributed by atoms with Crippen molar-refractivity contribution in [2.24, 2.45) is 0 Å². The van der Waals surface area contributed by atoms with Crippen LogP contribution in [-0.4, -0.2) is 26.4 Å². The van der Waals surface area contributed by atoms with E-state index in [4.69, 9.17) is 4.74 Å². The van der Waals surface area contributed by atoms with E-state index in [-0.39, 0.29) is 10.8 Å². The number of anilines is 2. The number of hydrogen-bond donors (Lipinski definition) is 2. The standard InChI is InChI=1S/C19H21N3O4S2/c1-4-5-13-6-8-15(9-7-13)28(24,25)22-14-10-16(26-3)18-17(11-14)27-19(21-18)20-12(2)23/h6-11,22H,4-5H2,1-3H3,(H,20,21,23). The summed E-state index contributed by atoms with van der Waals surface area (Å²) in [7, 11) is -2.26. The van der Waals surface area contributed by atoms with Gasteiger partial charge in [0.2, 0.25) is 5.91 Å². The number of hydrogen-bond acceptors (Lipinski definition) is 6. The van der Waals surface area contributed by atoms with Gasteiger partial charge in [-0.15, -0.1) is 0 Å². The average Bonchev–Trinajstić information content (AvgIpc) is 3.03. The fraction of sp³-hybridized carbons (Fsp3) is 0.263. The van der Waals surface area contributed by atoms with E-state index in [1.165, 1.54) is 25.4 Å². The van der Waals surface area contributed by atoms with Crippen LogP contribution in [0.15, 0.2) is 41.3 Å². The van der Waals surface area contributed by atoms with Crippen molar-refractivity contribution < 1.29 is 17.9 Å². The molecule has 1 amide bonds. The molecule has 0 aliphatic rings. The van der Waals surface area contributed by atoms with Gasteiger partial charge in [0.1, 0.15) is 11.3 Å². The molecule has 0 unspecified atom stereocenters. The zero-order valence-electron chi connectivity index (χ0n) is 15.8. The van der Waals surface area contributed by atoms with Crippen LogP contribution in [0.25, 0.3) is 10.2 Å². The maximum Gasteiger partial charge on any atom is 0.261 e. The lowest BCUT2D eigenvalue weighted by Crippen LogP contribution is -2.13. The second-order valence-electron chi connectivity index (χ2n) is 6.22. The number of thiazole rings is 1. The smallest absolute Gasteiger partial charge is 0.261 e. The molecule has 1 aromatic heterocycles. The maximum atomic E-state index is 12.7. The number of benzene rings is 2. The summed E-state index contributed by atoms with van der Waals surface area (Å²) in [5, 5.41) is 3.05. The summed E-state index contributed by atoms with van der Waals surface area (Å²) in [5.41, 5.74) is 2.02. The molecular weight excluding hydrogens is 398 g/mol. The predicted molar refractivity (Wildman–Crippen MR) is 112 cm³/mol. The van der Waals surface area contributed by atoms with Crippen LogP contribution >= 0.6 is 11.3 Å². The summed E-state index contributed by atoms with van der Waals surface area (Å²) in [5.74, 6) is 0.187. The van der Waals surface area contributed by atoms with Crippen molar-refractivity contribution in [2.75, 3.05) is 17.1 Å². The number of amides is 1. The van der Waals surface area contributed by atoms with Crippen LogP contribution in [0.5, 0.6) is 5.75 Å². The van der Waals surface area contributed by atoms with Crippen molar-refractivity contribution in [1.29, 1.82) is 0 Å². The molecule has 9 heteroatoms. The summed E-state index contributed by atoms with van der Waals surface area (Å²) in [6, 6.07) is 10.1. The first-order chi connectivity index (χ1) is 13.3. The molecule has 7 nitrogen and oxygen atoms in total. The van der Waals surface area contributed by atoms with Gasteiger partial charge in [0.05, 0.1) is 22.4 Å². The van der Waals surface area contributed by atoms with E-state index in [2.05, 4.69) is 21.9 Å². The Morgan fingerprint density at radius 1 is 1.21 bits per heavy atom. The van der Waals surface area contributed by atoms with Crippen LogP contribution in [0.1, 0.15) is 25.8 Å². The number of methoxy groups -OCH3 is 1. The Kier molecular flexibility index (Phi) is 5.85. The summed E-state index contributed by atoms with van der Waals surface area (Å²) in [4.78, 5) is 15.8. The molecule has 2 N–H and O–H groups in total. The van der Waals surface area contributed by atoms with Crippen LogP contribution in [0.3, 0.4) is 0 Å². The van der Waals surface area contributed by atoms with E-state index < -0.39 is 10.0 Å². The Morgan fingerprint density at radius 2 is 1.93 bits per heavy atom. The van der Waals surface area contributed by atoms with Gasteiger partial charge in [-0.3, -0.25) is 9.52 Å². The van der Waals surface area contributed by atoms with E-state index in [1.807, 2.05) is 12.1 Å². The summed E-state index contributed by atoms with van der Waals surface area (Å²) in [6.07, 6.45) is 1.91. The third-order valence-electron chi connectivity index (χ3n) is 3.99. The number of sulfonamides is 1. The zero-order chi connectivity index (χ0) is 20.3. The Labute approximate surface area is 167 Å². The molecule has 0 radical (unpaired) electrons. The van der Waals surface area contributed by atoms with E-state index >= 15 is 0 Å². The van der Waals surface area contributed by atoms with Gasteiger partial charge in [-0.2, -0.15) is 0 Å². The molecule has 148 valence electrons. The number of fused-ring (bicyclic) bond motifs is 1. The van der Waals surface area contributed by atoms with Gasteiger partial charge in [-0.05, 0) is 30.2 Å². The van der Waals surface area contributed by atoms with Crippen molar-refractivity contribution in [1.82, 2.24) is 4.98 Å². The number of aryl methyl sites for hydroxylation is 1. The number of nitrogens with one attached hydrogen (secondary N) is 2. The highest BCUT2D eigenvalue weighted by molar-refractivity contribution is 7.92. The van der Waals surface area contributed by atoms with Crippen molar-refractivity contribution in [3.05, 3.63) is 42.0 Å². The lowest BCUT2D eigenvalue weighted by molar-refractivity contribution is -0.114. The van der Waals surface area contributed by atoms with E-state index in [0.29, 0.717) is 26.8 Å². The van der Waals surface area contributed by atoms with Crippen LogP contribution in [-0.2, 0) is 21.2 Å². The van der Waals surface area contributed by atoms with E-state index in [0.717, 1.165) is 18.4 Å². The molecule has 0 bridgehead atoms. The van der Waals surface area contributed by atoms with Gasteiger partial charge in [0, 0.05) is 13.0 Å². The second-order valence-corrected chi connectivity index (χ2v) is 8.94. The predicted octanol–water partition coefficient (Wildman–Crippen LogP) is 4.02. The molecular formula is C19H21N3O4S2. The Hall–Kier alpha value is -2.65. The van der Waals surface area contributed by atoms with Gasteiger partial charge < -0.3 is 10.1 Å². The lowest BCUT2D eigenvalue weighted by Gasteiger charge is -2.10. The molecule has 0 aliphatic heterocycles. The van der Waals surface area contributed by atoms with Crippen LogP contribution in [0.2, 0.25) is 0 Å². The van der Waals surface area contributed by atoms with Gasteiger partial charge in [-0.25, -0.2) is 13.4 Å². The molecule has 0 saturated carbocycles. The van der Waals surface area contributed by atoms with Crippen LogP contribution in [0.4, 0.5) is 10.8 Å². The number of rotatable bonds is 7. The highest BCUT2D eigenvalue weighted by atomic mass is 32.2. The summed E-state index contributed by atoms with van der Waals surface area (Å²) < 4.78 is 34.1. The first-order valence-electron chi connectivity index (χ1n) is 8.70. The Bertz CT molecular complexity index is 1110. The monoisotopic (exact) mass is 419 g/mol. The minimum absolute atomic E-state index is 0.189. The summed E-state index contributed by atoms with van der Waals surface area (Å²) >= 11 is 1.24. The lowest BCUT2D eigenvalue weighted by atomic mass is 10.1. The second kappa shape index (κ2) is 8.15. The van der Waals surface area contributed by atoms with Crippen molar-refractivity contribution in [2.45, 2.75) is 31.6 Å². The number of aromatic nitrogens is 1. The van der Waals surface area contributed by atoms with Crippen molar-refractivity contribution in [3.8, 4) is 5.75 Å². The molecule has 3 aromatic rings.